The van der Waals surface area contributed by atoms with Crippen molar-refractivity contribution in [2.24, 2.45) is 0 Å². The van der Waals surface area contributed by atoms with Crippen molar-refractivity contribution in [2.45, 2.75) is 13.5 Å². The number of carbonyl (C=O) groups is 3. The maximum Gasteiger partial charge on any atom is 0.339 e. The molecule has 1 aliphatic rings. The maximum absolute atomic E-state index is 12.8. The van der Waals surface area contributed by atoms with Gasteiger partial charge >= 0.3 is 5.97 Å². The van der Waals surface area contributed by atoms with Crippen LogP contribution in [0.5, 0.6) is 0 Å². The molecular weight excluding hydrogens is 530 g/mol. The van der Waals surface area contributed by atoms with Crippen LogP contribution in [-0.4, -0.2) is 28.6 Å². The zero-order valence-corrected chi connectivity index (χ0v) is 20.5. The van der Waals surface area contributed by atoms with Gasteiger partial charge in [-0.25, -0.2) is 4.79 Å². The number of nitrogens with zero attached hydrogens (tertiary/aromatic N) is 1. The summed E-state index contributed by atoms with van der Waals surface area (Å²) in [5, 5.41) is -0.0545. The number of benzene rings is 2. The van der Waals surface area contributed by atoms with Gasteiger partial charge in [-0.2, -0.15) is 0 Å². The first kappa shape index (κ1) is 23.4. The monoisotopic (exact) mass is 545 g/mol. The summed E-state index contributed by atoms with van der Waals surface area (Å²) in [5.74, 6) is 0.00173. The molecule has 1 fully saturated rings. The molecule has 0 atom stereocenters. The Labute approximate surface area is 207 Å². The highest BCUT2D eigenvalue weighted by Gasteiger charge is 2.35. The lowest BCUT2D eigenvalue weighted by molar-refractivity contribution is -0.123. The molecule has 1 saturated heterocycles. The van der Waals surface area contributed by atoms with Crippen molar-refractivity contribution in [3.63, 3.8) is 0 Å². The van der Waals surface area contributed by atoms with Gasteiger partial charge < -0.3 is 9.15 Å². The zero-order valence-electron chi connectivity index (χ0n) is 17.3. The number of carbonyl (C=O) groups excluding carboxylic acids is 3. The molecule has 9 heteroatoms. The topological polar surface area (TPSA) is 76.8 Å². The van der Waals surface area contributed by atoms with Gasteiger partial charge in [0.2, 0.25) is 0 Å². The van der Waals surface area contributed by atoms with E-state index < -0.39 is 5.97 Å². The molecule has 33 heavy (non-hydrogen) atoms. The third-order valence-electron chi connectivity index (χ3n) is 4.77. The molecule has 3 aromatic rings. The highest BCUT2D eigenvalue weighted by atomic mass is 79.9. The number of thioether (sulfide) groups is 1. The summed E-state index contributed by atoms with van der Waals surface area (Å²) in [4.78, 5) is 38.8. The second-order valence-electron chi connectivity index (χ2n) is 7.01. The van der Waals surface area contributed by atoms with Gasteiger partial charge in [0.05, 0.1) is 28.6 Å². The van der Waals surface area contributed by atoms with Crippen LogP contribution in [0, 0.1) is 0 Å². The molecule has 2 aromatic carbocycles. The minimum atomic E-state index is -0.518. The first-order valence-electron chi connectivity index (χ1n) is 9.92. The highest BCUT2D eigenvalue weighted by molar-refractivity contribution is 9.10. The van der Waals surface area contributed by atoms with Crippen LogP contribution in [0.25, 0.3) is 17.4 Å². The van der Waals surface area contributed by atoms with Crippen molar-refractivity contribution >= 4 is 62.5 Å². The Hall–Kier alpha value is -2.81. The summed E-state index contributed by atoms with van der Waals surface area (Å²) < 4.78 is 11.8. The van der Waals surface area contributed by atoms with Gasteiger partial charge in [0, 0.05) is 16.1 Å². The molecule has 0 aliphatic carbocycles. The fourth-order valence-electron chi connectivity index (χ4n) is 3.17. The van der Waals surface area contributed by atoms with Gasteiger partial charge in [-0.05, 0) is 66.7 Å². The average molecular weight is 547 g/mol. The van der Waals surface area contributed by atoms with Crippen LogP contribution in [0.4, 0.5) is 4.79 Å². The molecule has 0 bridgehead atoms. The van der Waals surface area contributed by atoms with Crippen LogP contribution in [0.3, 0.4) is 0 Å². The van der Waals surface area contributed by atoms with E-state index in [4.69, 9.17) is 20.8 Å². The lowest BCUT2D eigenvalue weighted by Crippen LogP contribution is -2.27. The highest BCUT2D eigenvalue weighted by Crippen LogP contribution is 2.35. The molecule has 0 spiro atoms. The van der Waals surface area contributed by atoms with Gasteiger partial charge in [-0.3, -0.25) is 14.5 Å². The molecule has 2 heterocycles. The van der Waals surface area contributed by atoms with Gasteiger partial charge in [-0.1, -0.05) is 39.7 Å². The number of halogens is 2. The number of rotatable bonds is 6. The van der Waals surface area contributed by atoms with Gasteiger partial charge in [-0.15, -0.1) is 0 Å². The molecule has 0 saturated carbocycles. The smallest absolute Gasteiger partial charge is 0.339 e. The minimum absolute atomic E-state index is 0.195. The van der Waals surface area contributed by atoms with Crippen LogP contribution in [-0.2, 0) is 16.1 Å². The lowest BCUT2D eigenvalue weighted by atomic mass is 10.1. The van der Waals surface area contributed by atoms with Gasteiger partial charge in [0.1, 0.15) is 11.5 Å². The fourth-order valence-corrected chi connectivity index (χ4v) is 4.44. The third-order valence-corrected chi connectivity index (χ3v) is 6.54. The largest absolute Gasteiger partial charge is 0.462 e. The van der Waals surface area contributed by atoms with E-state index in [1.807, 2.05) is 24.3 Å². The van der Waals surface area contributed by atoms with Crippen LogP contribution >= 0.6 is 39.3 Å². The van der Waals surface area contributed by atoms with Crippen molar-refractivity contribution in [1.82, 2.24) is 4.90 Å². The second kappa shape index (κ2) is 9.99. The van der Waals surface area contributed by atoms with E-state index in [1.54, 1.807) is 37.3 Å². The molecule has 4 rings (SSSR count). The van der Waals surface area contributed by atoms with E-state index in [0.29, 0.717) is 17.1 Å². The molecule has 1 aliphatic heterocycles. The Kier molecular flexibility index (Phi) is 7.07. The van der Waals surface area contributed by atoms with Crippen molar-refractivity contribution < 1.29 is 23.5 Å². The first-order chi connectivity index (χ1) is 15.9. The van der Waals surface area contributed by atoms with Crippen LogP contribution < -0.4 is 0 Å². The Balaban J connectivity index is 1.53. The molecule has 1 aromatic heterocycles. The Bertz CT molecular complexity index is 1270. The number of hydrogen-bond donors (Lipinski definition) is 0. The van der Waals surface area contributed by atoms with Crippen LogP contribution in [0.1, 0.15) is 28.6 Å². The summed E-state index contributed by atoms with van der Waals surface area (Å²) in [7, 11) is 0. The third kappa shape index (κ3) is 5.24. The lowest BCUT2D eigenvalue weighted by Gasteiger charge is -2.12. The van der Waals surface area contributed by atoms with Gasteiger partial charge in [0.25, 0.3) is 11.1 Å². The number of imide groups is 1. The number of esters is 1. The number of ether oxygens (including phenoxy) is 1. The summed E-state index contributed by atoms with van der Waals surface area (Å²) in [6.07, 6.45) is 1.54. The first-order valence-corrected chi connectivity index (χ1v) is 11.9. The molecule has 168 valence electrons. The van der Waals surface area contributed by atoms with E-state index in [9.17, 15) is 14.4 Å². The van der Waals surface area contributed by atoms with E-state index in [0.717, 1.165) is 21.8 Å². The standard InChI is InChI=1S/C24H17BrClNO5S/c1-2-31-23(29)18-11-15(5-9-19(18)26)20-10-8-17(32-20)12-21-22(28)27(24(30)33-21)13-14-3-6-16(25)7-4-14/h3-12H,2,13H2,1H3/b21-12+. The molecule has 2 amide bonds. The molecule has 0 unspecified atom stereocenters. The van der Waals surface area contributed by atoms with E-state index >= 15 is 0 Å². The second-order valence-corrected chi connectivity index (χ2v) is 9.33. The summed E-state index contributed by atoms with van der Waals surface area (Å²) in [6, 6.07) is 15.7. The quantitative estimate of drug-likeness (QED) is 0.251. The van der Waals surface area contributed by atoms with Crippen molar-refractivity contribution in [1.29, 1.82) is 0 Å². The Morgan fingerprint density at radius 2 is 1.91 bits per heavy atom. The summed E-state index contributed by atoms with van der Waals surface area (Å²) in [6.45, 7) is 2.15. The van der Waals surface area contributed by atoms with Crippen molar-refractivity contribution in [2.75, 3.05) is 6.61 Å². The van der Waals surface area contributed by atoms with E-state index in [2.05, 4.69) is 15.9 Å². The zero-order chi connectivity index (χ0) is 23.5. The number of furan rings is 1. The summed E-state index contributed by atoms with van der Waals surface area (Å²) in [5.41, 5.74) is 1.72. The van der Waals surface area contributed by atoms with Gasteiger partial charge in [0.15, 0.2) is 0 Å². The molecule has 0 radical (unpaired) electrons. The number of hydrogen-bond acceptors (Lipinski definition) is 6. The minimum Gasteiger partial charge on any atom is -0.462 e. The van der Waals surface area contributed by atoms with Crippen LogP contribution in [0.2, 0.25) is 5.02 Å². The fraction of sp³-hybridized carbons (Fsp3) is 0.125. The van der Waals surface area contributed by atoms with Crippen molar-refractivity contribution in [3.05, 3.63) is 85.9 Å². The summed E-state index contributed by atoms with van der Waals surface area (Å²) >= 11 is 10.4. The predicted molar refractivity (Wildman–Crippen MR) is 131 cm³/mol. The average Bonchev–Trinajstić information content (AvgIpc) is 3.36. The molecular formula is C24H17BrClNO5S. The molecule has 0 N–H and O–H groups in total. The van der Waals surface area contributed by atoms with Crippen molar-refractivity contribution in [3.8, 4) is 11.3 Å². The molecule has 6 nitrogen and oxygen atoms in total. The normalized spacial score (nSPS) is 14.9. The Morgan fingerprint density at radius 1 is 1.15 bits per heavy atom. The predicted octanol–water partition coefficient (Wildman–Crippen LogP) is 6.78. The number of amides is 2. The maximum atomic E-state index is 12.8. The van der Waals surface area contributed by atoms with E-state index in [-0.39, 0.29) is 39.8 Å². The van der Waals surface area contributed by atoms with Crippen LogP contribution in [0.15, 0.2) is 68.4 Å². The SMILES string of the molecule is CCOC(=O)c1cc(-c2ccc(/C=C3/SC(=O)N(Cc4ccc(Br)cc4)C3=O)o2)ccc1Cl. The Morgan fingerprint density at radius 3 is 2.64 bits per heavy atom. The van der Waals surface area contributed by atoms with E-state index in [1.165, 1.54) is 11.0 Å².